The van der Waals surface area contributed by atoms with E-state index in [1.54, 1.807) is 0 Å². The van der Waals surface area contributed by atoms with Crippen LogP contribution in [-0.4, -0.2) is 17.6 Å². The first kappa shape index (κ1) is 14.7. The Kier molecular flexibility index (Phi) is 6.75. The predicted octanol–water partition coefficient (Wildman–Crippen LogP) is 3.80. The molecule has 0 aromatic carbocycles. The lowest BCUT2D eigenvalue weighted by atomic mass is 9.98. The molecular formula is C14H23BrN2. The summed E-state index contributed by atoms with van der Waals surface area (Å²) in [5.74, 6) is 0.726. The van der Waals surface area contributed by atoms with E-state index in [1.165, 1.54) is 18.4 Å². The van der Waals surface area contributed by atoms with Crippen molar-refractivity contribution in [3.63, 3.8) is 0 Å². The maximum Gasteiger partial charge on any atom is 0.0410 e. The molecule has 0 saturated carbocycles. The van der Waals surface area contributed by atoms with Gasteiger partial charge in [-0.15, -0.1) is 0 Å². The largest absolute Gasteiger partial charge is 0.314 e. The van der Waals surface area contributed by atoms with Crippen molar-refractivity contribution in [3.8, 4) is 0 Å². The van der Waals surface area contributed by atoms with E-state index in [4.69, 9.17) is 0 Å². The second-order valence-corrected chi connectivity index (χ2v) is 5.91. The molecule has 1 atom stereocenters. The van der Waals surface area contributed by atoms with Gasteiger partial charge >= 0.3 is 0 Å². The molecule has 1 aromatic heterocycles. The Morgan fingerprint density at radius 3 is 2.71 bits per heavy atom. The van der Waals surface area contributed by atoms with Gasteiger partial charge in [-0.3, -0.25) is 4.98 Å². The van der Waals surface area contributed by atoms with E-state index in [9.17, 15) is 0 Å². The van der Waals surface area contributed by atoms with Gasteiger partial charge in [0.2, 0.25) is 0 Å². The molecule has 0 aliphatic carbocycles. The molecule has 0 aliphatic heterocycles. The maximum absolute atomic E-state index is 4.22. The van der Waals surface area contributed by atoms with E-state index in [0.29, 0.717) is 6.04 Å². The van der Waals surface area contributed by atoms with Crippen molar-refractivity contribution in [1.82, 2.24) is 10.3 Å². The SMILES string of the molecule is CCCNC(Cc1cncc(Br)c1)CC(C)C. The smallest absolute Gasteiger partial charge is 0.0410 e. The van der Waals surface area contributed by atoms with E-state index in [-0.39, 0.29) is 0 Å². The van der Waals surface area contributed by atoms with Crippen molar-refractivity contribution < 1.29 is 0 Å². The molecule has 1 rings (SSSR count). The fourth-order valence-electron chi connectivity index (χ4n) is 2.01. The van der Waals surface area contributed by atoms with Crippen molar-refractivity contribution in [3.05, 3.63) is 28.5 Å². The minimum absolute atomic E-state index is 0.561. The zero-order chi connectivity index (χ0) is 12.7. The van der Waals surface area contributed by atoms with Crippen LogP contribution in [0.25, 0.3) is 0 Å². The van der Waals surface area contributed by atoms with Gasteiger partial charge in [-0.05, 0) is 59.3 Å². The average Bonchev–Trinajstić information content (AvgIpc) is 2.25. The lowest BCUT2D eigenvalue weighted by molar-refractivity contribution is 0.416. The van der Waals surface area contributed by atoms with Crippen LogP contribution in [0.1, 0.15) is 39.2 Å². The molecule has 0 amide bonds. The van der Waals surface area contributed by atoms with Crippen LogP contribution in [0.5, 0.6) is 0 Å². The second kappa shape index (κ2) is 7.83. The Hall–Kier alpha value is -0.410. The average molecular weight is 299 g/mol. The second-order valence-electron chi connectivity index (χ2n) is 5.00. The van der Waals surface area contributed by atoms with E-state index in [2.05, 4.69) is 53.1 Å². The number of aromatic nitrogens is 1. The first-order valence-electron chi connectivity index (χ1n) is 6.44. The molecule has 1 heterocycles. The predicted molar refractivity (Wildman–Crippen MR) is 77.2 cm³/mol. The number of pyridine rings is 1. The number of nitrogens with zero attached hydrogens (tertiary/aromatic N) is 1. The summed E-state index contributed by atoms with van der Waals surface area (Å²) in [6, 6.07) is 2.72. The lowest BCUT2D eigenvalue weighted by Gasteiger charge is -2.20. The van der Waals surface area contributed by atoms with Crippen molar-refractivity contribution in [2.24, 2.45) is 5.92 Å². The fourth-order valence-corrected chi connectivity index (χ4v) is 2.42. The highest BCUT2D eigenvalue weighted by molar-refractivity contribution is 9.10. The summed E-state index contributed by atoms with van der Waals surface area (Å²) in [5.41, 5.74) is 1.30. The van der Waals surface area contributed by atoms with Crippen LogP contribution >= 0.6 is 15.9 Å². The number of hydrogen-bond acceptors (Lipinski definition) is 2. The summed E-state index contributed by atoms with van der Waals surface area (Å²) in [6.07, 6.45) is 7.26. The highest BCUT2D eigenvalue weighted by Crippen LogP contribution is 2.14. The molecule has 0 fully saturated rings. The Morgan fingerprint density at radius 1 is 1.35 bits per heavy atom. The van der Waals surface area contributed by atoms with E-state index < -0.39 is 0 Å². The van der Waals surface area contributed by atoms with E-state index >= 15 is 0 Å². The van der Waals surface area contributed by atoms with E-state index in [0.717, 1.165) is 23.4 Å². The van der Waals surface area contributed by atoms with Crippen LogP contribution in [0, 0.1) is 5.92 Å². The molecule has 0 radical (unpaired) electrons. The van der Waals surface area contributed by atoms with Crippen molar-refractivity contribution in [1.29, 1.82) is 0 Å². The molecule has 0 spiro atoms. The summed E-state index contributed by atoms with van der Waals surface area (Å²) in [4.78, 5) is 4.22. The molecule has 3 heteroatoms. The molecule has 0 aliphatic rings. The van der Waals surface area contributed by atoms with Crippen LogP contribution in [0.2, 0.25) is 0 Å². The topological polar surface area (TPSA) is 24.9 Å². The van der Waals surface area contributed by atoms with Crippen molar-refractivity contribution >= 4 is 15.9 Å². The third kappa shape index (κ3) is 6.18. The summed E-state index contributed by atoms with van der Waals surface area (Å²) >= 11 is 3.47. The van der Waals surface area contributed by atoms with Gasteiger partial charge in [-0.25, -0.2) is 0 Å². The lowest BCUT2D eigenvalue weighted by Crippen LogP contribution is -2.33. The summed E-state index contributed by atoms with van der Waals surface area (Å²) in [5, 5.41) is 3.63. The fraction of sp³-hybridized carbons (Fsp3) is 0.643. The van der Waals surface area contributed by atoms with Gasteiger partial charge in [0, 0.05) is 22.9 Å². The minimum Gasteiger partial charge on any atom is -0.314 e. The first-order chi connectivity index (χ1) is 8.11. The van der Waals surface area contributed by atoms with Gasteiger partial charge in [0.15, 0.2) is 0 Å². The van der Waals surface area contributed by atoms with Crippen LogP contribution in [-0.2, 0) is 6.42 Å². The van der Waals surface area contributed by atoms with Gasteiger partial charge in [-0.2, -0.15) is 0 Å². The molecule has 1 aromatic rings. The van der Waals surface area contributed by atoms with Gasteiger partial charge in [0.1, 0.15) is 0 Å². The standard InChI is InChI=1S/C14H23BrN2/c1-4-5-17-14(6-11(2)3)8-12-7-13(15)10-16-9-12/h7,9-11,14,17H,4-6,8H2,1-3H3. The normalized spacial score (nSPS) is 13.0. The third-order valence-corrected chi connectivity index (χ3v) is 3.12. The van der Waals surface area contributed by atoms with Crippen LogP contribution < -0.4 is 5.32 Å². The number of nitrogens with one attached hydrogen (secondary N) is 1. The number of hydrogen-bond donors (Lipinski definition) is 1. The molecule has 17 heavy (non-hydrogen) atoms. The highest BCUT2D eigenvalue weighted by atomic mass is 79.9. The van der Waals surface area contributed by atoms with Crippen LogP contribution in [0.3, 0.4) is 0 Å². The summed E-state index contributed by atoms with van der Waals surface area (Å²) in [6.45, 7) is 7.86. The molecule has 96 valence electrons. The Balaban J connectivity index is 2.58. The van der Waals surface area contributed by atoms with Gasteiger partial charge < -0.3 is 5.32 Å². The summed E-state index contributed by atoms with van der Waals surface area (Å²) in [7, 11) is 0. The zero-order valence-corrected chi connectivity index (χ0v) is 12.6. The highest BCUT2D eigenvalue weighted by Gasteiger charge is 2.11. The molecular weight excluding hydrogens is 276 g/mol. The van der Waals surface area contributed by atoms with Gasteiger partial charge in [-0.1, -0.05) is 20.8 Å². The van der Waals surface area contributed by atoms with Gasteiger partial charge in [0.25, 0.3) is 0 Å². The van der Waals surface area contributed by atoms with Crippen molar-refractivity contribution in [2.75, 3.05) is 6.54 Å². The molecule has 1 N–H and O–H groups in total. The Labute approximate surface area is 113 Å². The Bertz CT molecular complexity index is 326. The molecule has 1 unspecified atom stereocenters. The summed E-state index contributed by atoms with van der Waals surface area (Å²) < 4.78 is 1.06. The van der Waals surface area contributed by atoms with E-state index in [1.807, 2.05) is 12.4 Å². The quantitative estimate of drug-likeness (QED) is 0.828. The first-order valence-corrected chi connectivity index (χ1v) is 7.24. The van der Waals surface area contributed by atoms with Crippen LogP contribution in [0.15, 0.2) is 22.9 Å². The third-order valence-electron chi connectivity index (χ3n) is 2.68. The zero-order valence-electron chi connectivity index (χ0n) is 11.0. The molecule has 0 bridgehead atoms. The Morgan fingerprint density at radius 2 is 2.12 bits per heavy atom. The monoisotopic (exact) mass is 298 g/mol. The molecule has 0 saturated heterocycles. The number of halogens is 1. The number of rotatable bonds is 7. The van der Waals surface area contributed by atoms with Crippen LogP contribution in [0.4, 0.5) is 0 Å². The molecule has 2 nitrogen and oxygen atoms in total. The van der Waals surface area contributed by atoms with Crippen molar-refractivity contribution in [2.45, 2.75) is 46.1 Å². The minimum atomic E-state index is 0.561. The van der Waals surface area contributed by atoms with Gasteiger partial charge in [0.05, 0.1) is 0 Å². The maximum atomic E-state index is 4.22.